The van der Waals surface area contributed by atoms with E-state index in [1.54, 1.807) is 6.20 Å². The average molecular weight is 204 g/mol. The zero-order valence-electron chi connectivity index (χ0n) is 8.51. The molecule has 0 saturated carbocycles. The van der Waals surface area contributed by atoms with Crippen molar-refractivity contribution in [3.05, 3.63) is 30.6 Å². The number of hydrogen-bond acceptors (Lipinski definition) is 3. The van der Waals surface area contributed by atoms with Gasteiger partial charge >= 0.3 is 5.97 Å². The van der Waals surface area contributed by atoms with Crippen LogP contribution in [0, 0.1) is 0 Å². The van der Waals surface area contributed by atoms with Crippen LogP contribution in [0.25, 0.3) is 5.65 Å². The predicted octanol–water partition coefficient (Wildman–Crippen LogP) is 2.04. The van der Waals surface area contributed by atoms with E-state index >= 15 is 0 Å². The van der Waals surface area contributed by atoms with Crippen molar-refractivity contribution in [3.8, 4) is 5.88 Å². The number of pyridine rings is 1. The topological polar surface area (TPSA) is 43.6 Å². The second-order valence-corrected chi connectivity index (χ2v) is 3.27. The highest BCUT2D eigenvalue weighted by molar-refractivity contribution is 5.71. The van der Waals surface area contributed by atoms with Gasteiger partial charge in [-0.2, -0.15) is 4.98 Å². The Kier molecular flexibility index (Phi) is 2.67. The van der Waals surface area contributed by atoms with Gasteiger partial charge < -0.3 is 9.14 Å². The van der Waals surface area contributed by atoms with Gasteiger partial charge in [0.05, 0.1) is 6.20 Å². The summed E-state index contributed by atoms with van der Waals surface area (Å²) in [4.78, 5) is 15.4. The first-order valence-electron chi connectivity index (χ1n) is 4.94. The molecule has 0 amide bonds. The van der Waals surface area contributed by atoms with Crippen LogP contribution in [-0.2, 0) is 4.79 Å². The normalized spacial score (nSPS) is 10.5. The molecule has 0 bridgehead atoms. The highest BCUT2D eigenvalue weighted by Crippen LogP contribution is 2.12. The van der Waals surface area contributed by atoms with E-state index in [1.165, 1.54) is 0 Å². The van der Waals surface area contributed by atoms with E-state index in [2.05, 4.69) is 4.98 Å². The van der Waals surface area contributed by atoms with Crippen LogP contribution < -0.4 is 4.74 Å². The lowest BCUT2D eigenvalue weighted by Gasteiger charge is -1.96. The number of fused-ring (bicyclic) bond motifs is 1. The number of imidazole rings is 1. The monoisotopic (exact) mass is 204 g/mol. The van der Waals surface area contributed by atoms with E-state index in [-0.39, 0.29) is 5.97 Å². The molecular formula is C11H12N2O2. The zero-order valence-corrected chi connectivity index (χ0v) is 8.51. The summed E-state index contributed by atoms with van der Waals surface area (Å²) in [5.41, 5.74) is 0.775. The Morgan fingerprint density at radius 1 is 1.53 bits per heavy atom. The van der Waals surface area contributed by atoms with Crippen molar-refractivity contribution in [3.63, 3.8) is 0 Å². The number of esters is 1. The van der Waals surface area contributed by atoms with Crippen LogP contribution >= 0.6 is 0 Å². The van der Waals surface area contributed by atoms with Gasteiger partial charge in [0.2, 0.25) is 5.88 Å². The first kappa shape index (κ1) is 9.71. The van der Waals surface area contributed by atoms with Gasteiger partial charge in [0.15, 0.2) is 0 Å². The van der Waals surface area contributed by atoms with Crippen molar-refractivity contribution in [1.29, 1.82) is 0 Å². The van der Waals surface area contributed by atoms with Gasteiger partial charge in [-0.3, -0.25) is 4.79 Å². The van der Waals surface area contributed by atoms with Crippen LogP contribution in [0.2, 0.25) is 0 Å². The molecule has 0 spiro atoms. The van der Waals surface area contributed by atoms with Crippen LogP contribution in [0.1, 0.15) is 19.8 Å². The second-order valence-electron chi connectivity index (χ2n) is 3.27. The standard InChI is InChI=1S/C11H12N2O2/c1-2-5-11(14)15-10-8-13-7-4-3-6-9(13)12-10/h3-4,6-8H,2,5H2,1H3. The fourth-order valence-electron chi connectivity index (χ4n) is 1.33. The summed E-state index contributed by atoms with van der Waals surface area (Å²) >= 11 is 0. The number of carbonyl (C=O) groups is 1. The van der Waals surface area contributed by atoms with E-state index in [1.807, 2.05) is 35.7 Å². The largest absolute Gasteiger partial charge is 0.406 e. The molecule has 0 aromatic carbocycles. The molecule has 0 aliphatic rings. The van der Waals surface area contributed by atoms with E-state index < -0.39 is 0 Å². The molecule has 2 aromatic heterocycles. The fraction of sp³-hybridized carbons (Fsp3) is 0.273. The van der Waals surface area contributed by atoms with Crippen molar-refractivity contribution in [1.82, 2.24) is 9.38 Å². The van der Waals surface area contributed by atoms with Gasteiger partial charge in [-0.05, 0) is 18.6 Å². The van der Waals surface area contributed by atoms with Gasteiger partial charge in [0.1, 0.15) is 5.65 Å². The van der Waals surface area contributed by atoms with Crippen molar-refractivity contribution in [2.24, 2.45) is 0 Å². The molecule has 4 nitrogen and oxygen atoms in total. The Morgan fingerprint density at radius 3 is 3.13 bits per heavy atom. The van der Waals surface area contributed by atoms with E-state index in [9.17, 15) is 4.79 Å². The third-order valence-electron chi connectivity index (χ3n) is 2.01. The Morgan fingerprint density at radius 2 is 2.40 bits per heavy atom. The van der Waals surface area contributed by atoms with Crippen LogP contribution in [0.15, 0.2) is 30.6 Å². The lowest BCUT2D eigenvalue weighted by molar-refractivity contribution is -0.134. The maximum Gasteiger partial charge on any atom is 0.312 e. The molecule has 2 aromatic rings. The number of nitrogens with zero attached hydrogens (tertiary/aromatic N) is 2. The van der Waals surface area contributed by atoms with Gasteiger partial charge in [0, 0.05) is 12.6 Å². The van der Waals surface area contributed by atoms with Crippen LogP contribution in [-0.4, -0.2) is 15.4 Å². The number of ether oxygens (including phenoxy) is 1. The maximum absolute atomic E-state index is 11.2. The van der Waals surface area contributed by atoms with Crippen molar-refractivity contribution >= 4 is 11.6 Å². The van der Waals surface area contributed by atoms with Crippen molar-refractivity contribution in [2.45, 2.75) is 19.8 Å². The summed E-state index contributed by atoms with van der Waals surface area (Å²) in [7, 11) is 0. The van der Waals surface area contributed by atoms with Gasteiger partial charge in [-0.1, -0.05) is 13.0 Å². The maximum atomic E-state index is 11.2. The minimum Gasteiger partial charge on any atom is -0.406 e. The highest BCUT2D eigenvalue weighted by Gasteiger charge is 2.06. The van der Waals surface area contributed by atoms with Crippen LogP contribution in [0.4, 0.5) is 0 Å². The Bertz CT molecular complexity index is 443. The molecule has 0 atom stereocenters. The molecule has 2 rings (SSSR count). The lowest BCUT2D eigenvalue weighted by Crippen LogP contribution is -2.06. The molecule has 0 aliphatic heterocycles. The first-order valence-corrected chi connectivity index (χ1v) is 4.94. The fourth-order valence-corrected chi connectivity index (χ4v) is 1.33. The summed E-state index contributed by atoms with van der Waals surface area (Å²) in [5, 5.41) is 0. The third-order valence-corrected chi connectivity index (χ3v) is 2.01. The van der Waals surface area contributed by atoms with E-state index in [0.717, 1.165) is 12.1 Å². The number of hydrogen-bond donors (Lipinski definition) is 0. The third kappa shape index (κ3) is 2.15. The Balaban J connectivity index is 2.18. The Hall–Kier alpha value is -1.84. The molecule has 0 radical (unpaired) electrons. The molecule has 2 heterocycles. The molecule has 4 heteroatoms. The summed E-state index contributed by atoms with van der Waals surface area (Å²) < 4.78 is 6.88. The average Bonchev–Trinajstić information content (AvgIpc) is 2.59. The molecule has 78 valence electrons. The second kappa shape index (κ2) is 4.13. The minimum absolute atomic E-state index is 0.235. The minimum atomic E-state index is -0.235. The smallest absolute Gasteiger partial charge is 0.312 e. The SMILES string of the molecule is CCCC(=O)Oc1cn2ccccc2n1. The molecule has 0 unspecified atom stereocenters. The van der Waals surface area contributed by atoms with E-state index in [0.29, 0.717) is 12.3 Å². The molecular weight excluding hydrogens is 192 g/mol. The first-order chi connectivity index (χ1) is 7.29. The van der Waals surface area contributed by atoms with Crippen LogP contribution in [0.5, 0.6) is 5.88 Å². The van der Waals surface area contributed by atoms with Gasteiger partial charge in [-0.25, -0.2) is 0 Å². The number of rotatable bonds is 3. The van der Waals surface area contributed by atoms with Gasteiger partial charge in [-0.15, -0.1) is 0 Å². The summed E-state index contributed by atoms with van der Waals surface area (Å²) in [5.74, 6) is 0.126. The molecule has 0 aliphatic carbocycles. The quantitative estimate of drug-likeness (QED) is 0.718. The molecule has 15 heavy (non-hydrogen) atoms. The summed E-state index contributed by atoms with van der Waals surface area (Å²) in [6.45, 7) is 1.94. The highest BCUT2D eigenvalue weighted by atomic mass is 16.5. The number of carbonyl (C=O) groups excluding carboxylic acids is 1. The van der Waals surface area contributed by atoms with Crippen molar-refractivity contribution < 1.29 is 9.53 Å². The Labute approximate surface area is 87.5 Å². The summed E-state index contributed by atoms with van der Waals surface area (Å²) in [6.07, 6.45) is 4.77. The predicted molar refractivity (Wildman–Crippen MR) is 55.7 cm³/mol. The van der Waals surface area contributed by atoms with Crippen LogP contribution in [0.3, 0.4) is 0 Å². The zero-order chi connectivity index (χ0) is 10.7. The van der Waals surface area contributed by atoms with Gasteiger partial charge in [0.25, 0.3) is 0 Å². The molecule has 0 fully saturated rings. The lowest BCUT2D eigenvalue weighted by atomic mass is 10.3. The molecule has 0 saturated heterocycles. The van der Waals surface area contributed by atoms with E-state index in [4.69, 9.17) is 4.74 Å². The summed E-state index contributed by atoms with van der Waals surface area (Å²) in [6, 6.07) is 5.64. The van der Waals surface area contributed by atoms with Crippen molar-refractivity contribution in [2.75, 3.05) is 0 Å². The number of aromatic nitrogens is 2. The molecule has 0 N–H and O–H groups in total.